The lowest BCUT2D eigenvalue weighted by Crippen LogP contribution is -2.12. The van der Waals surface area contributed by atoms with Crippen LogP contribution in [-0.4, -0.2) is 10.8 Å². The molecule has 2 rings (SSSR count). The summed E-state index contributed by atoms with van der Waals surface area (Å²) in [5.41, 5.74) is 1.83. The number of aryl methyl sites for hydroxylation is 1. The Labute approximate surface area is 126 Å². The molecule has 21 heavy (non-hydrogen) atoms. The van der Waals surface area contributed by atoms with Crippen molar-refractivity contribution >= 4 is 28.9 Å². The second-order valence-electron chi connectivity index (χ2n) is 4.43. The van der Waals surface area contributed by atoms with E-state index in [1.807, 2.05) is 25.1 Å². The molecule has 0 saturated heterocycles. The number of benzene rings is 2. The van der Waals surface area contributed by atoms with Gasteiger partial charge in [0, 0.05) is 17.3 Å². The number of nitro benzene ring substituents is 1. The highest BCUT2D eigenvalue weighted by molar-refractivity contribution is 6.33. The molecule has 0 unspecified atom stereocenters. The van der Waals surface area contributed by atoms with E-state index in [4.69, 9.17) is 11.6 Å². The Morgan fingerprint density at radius 3 is 2.67 bits per heavy atom. The standard InChI is InChI=1S/C15H13ClN2O3/c1-2-10-4-3-5-12(8-10)17-15(19)11-6-7-14(18(20)21)13(16)9-11/h3-9H,2H2,1H3,(H,17,19). The fraction of sp³-hybridized carbons (Fsp3) is 0.133. The van der Waals surface area contributed by atoms with Gasteiger partial charge in [0.1, 0.15) is 5.02 Å². The molecule has 0 fully saturated rings. The Kier molecular flexibility index (Phi) is 4.55. The van der Waals surface area contributed by atoms with Gasteiger partial charge in [-0.25, -0.2) is 0 Å². The summed E-state index contributed by atoms with van der Waals surface area (Å²) in [5, 5.41) is 13.4. The number of anilines is 1. The van der Waals surface area contributed by atoms with Crippen LogP contribution in [0.3, 0.4) is 0 Å². The Hall–Kier alpha value is -2.40. The second kappa shape index (κ2) is 6.37. The quantitative estimate of drug-likeness (QED) is 0.683. The predicted octanol–water partition coefficient (Wildman–Crippen LogP) is 4.06. The smallest absolute Gasteiger partial charge is 0.287 e. The molecule has 108 valence electrons. The minimum atomic E-state index is -0.589. The van der Waals surface area contributed by atoms with Crippen LogP contribution in [-0.2, 0) is 6.42 Å². The molecule has 1 N–H and O–H groups in total. The van der Waals surface area contributed by atoms with Crippen molar-refractivity contribution in [1.29, 1.82) is 0 Å². The molecule has 0 heterocycles. The number of carbonyl (C=O) groups is 1. The van der Waals surface area contributed by atoms with Crippen LogP contribution in [0, 0.1) is 10.1 Å². The fourth-order valence-corrected chi connectivity index (χ4v) is 2.12. The molecule has 5 nitrogen and oxygen atoms in total. The number of nitro groups is 1. The number of halogens is 1. The van der Waals surface area contributed by atoms with E-state index in [0.29, 0.717) is 5.69 Å². The van der Waals surface area contributed by atoms with Gasteiger partial charge >= 0.3 is 0 Å². The van der Waals surface area contributed by atoms with E-state index in [1.165, 1.54) is 18.2 Å². The lowest BCUT2D eigenvalue weighted by molar-refractivity contribution is -0.384. The molecule has 0 spiro atoms. The van der Waals surface area contributed by atoms with Crippen molar-refractivity contribution < 1.29 is 9.72 Å². The van der Waals surface area contributed by atoms with E-state index >= 15 is 0 Å². The average molecular weight is 305 g/mol. The Morgan fingerprint density at radius 1 is 1.29 bits per heavy atom. The molecule has 0 aliphatic carbocycles. The van der Waals surface area contributed by atoms with Crippen LogP contribution in [0.5, 0.6) is 0 Å². The van der Waals surface area contributed by atoms with E-state index in [9.17, 15) is 14.9 Å². The van der Waals surface area contributed by atoms with Crippen molar-refractivity contribution in [2.24, 2.45) is 0 Å². The van der Waals surface area contributed by atoms with Gasteiger partial charge in [-0.3, -0.25) is 14.9 Å². The maximum absolute atomic E-state index is 12.1. The summed E-state index contributed by atoms with van der Waals surface area (Å²) in [5.74, 6) is -0.361. The summed E-state index contributed by atoms with van der Waals surface area (Å²) in [6, 6.07) is 11.4. The zero-order valence-electron chi connectivity index (χ0n) is 11.3. The monoisotopic (exact) mass is 304 g/mol. The van der Waals surface area contributed by atoms with E-state index in [-0.39, 0.29) is 22.2 Å². The summed E-state index contributed by atoms with van der Waals surface area (Å²) >= 11 is 5.80. The van der Waals surface area contributed by atoms with Crippen LogP contribution in [0.2, 0.25) is 5.02 Å². The molecule has 0 aliphatic rings. The second-order valence-corrected chi connectivity index (χ2v) is 4.84. The summed E-state index contributed by atoms with van der Waals surface area (Å²) in [6.45, 7) is 2.02. The first-order valence-corrected chi connectivity index (χ1v) is 6.73. The van der Waals surface area contributed by atoms with E-state index in [0.717, 1.165) is 12.0 Å². The zero-order valence-corrected chi connectivity index (χ0v) is 12.1. The third-order valence-electron chi connectivity index (χ3n) is 3.00. The first-order chi connectivity index (χ1) is 10.0. The zero-order chi connectivity index (χ0) is 15.4. The largest absolute Gasteiger partial charge is 0.322 e. The van der Waals surface area contributed by atoms with Gasteiger partial charge in [0.15, 0.2) is 0 Å². The van der Waals surface area contributed by atoms with Crippen molar-refractivity contribution in [2.45, 2.75) is 13.3 Å². The molecule has 1 amide bonds. The molecule has 0 atom stereocenters. The third kappa shape index (κ3) is 3.58. The van der Waals surface area contributed by atoms with Gasteiger partial charge < -0.3 is 5.32 Å². The molecule has 0 saturated carbocycles. The summed E-state index contributed by atoms with van der Waals surface area (Å²) in [6.07, 6.45) is 0.868. The van der Waals surface area contributed by atoms with Crippen molar-refractivity contribution in [3.63, 3.8) is 0 Å². The first-order valence-electron chi connectivity index (χ1n) is 6.35. The van der Waals surface area contributed by atoms with Crippen molar-refractivity contribution in [3.8, 4) is 0 Å². The van der Waals surface area contributed by atoms with Crippen molar-refractivity contribution in [1.82, 2.24) is 0 Å². The summed E-state index contributed by atoms with van der Waals surface area (Å²) in [4.78, 5) is 22.2. The lowest BCUT2D eigenvalue weighted by Gasteiger charge is -2.07. The van der Waals surface area contributed by atoms with Crippen molar-refractivity contribution in [2.75, 3.05) is 5.32 Å². The molecule has 0 aromatic heterocycles. The molecule has 0 bridgehead atoms. The molecular formula is C15H13ClN2O3. The molecule has 2 aromatic carbocycles. The van der Waals surface area contributed by atoms with Crippen LogP contribution in [0.15, 0.2) is 42.5 Å². The number of hydrogen-bond acceptors (Lipinski definition) is 3. The number of hydrogen-bond donors (Lipinski definition) is 1. The van der Waals surface area contributed by atoms with Crippen molar-refractivity contribution in [3.05, 3.63) is 68.7 Å². The third-order valence-corrected chi connectivity index (χ3v) is 3.30. The minimum Gasteiger partial charge on any atom is -0.322 e. The lowest BCUT2D eigenvalue weighted by atomic mass is 10.1. The number of carbonyl (C=O) groups excluding carboxylic acids is 1. The molecule has 2 aromatic rings. The van der Waals surface area contributed by atoms with E-state index in [2.05, 4.69) is 5.32 Å². The molecular weight excluding hydrogens is 292 g/mol. The molecule has 0 radical (unpaired) electrons. The Balaban J connectivity index is 2.20. The maximum atomic E-state index is 12.1. The maximum Gasteiger partial charge on any atom is 0.287 e. The van der Waals surface area contributed by atoms with Crippen LogP contribution in [0.1, 0.15) is 22.8 Å². The number of nitrogens with one attached hydrogen (secondary N) is 1. The highest BCUT2D eigenvalue weighted by atomic mass is 35.5. The van der Waals surface area contributed by atoms with Crippen LogP contribution >= 0.6 is 11.6 Å². The number of amides is 1. The highest BCUT2D eigenvalue weighted by Gasteiger charge is 2.15. The van der Waals surface area contributed by atoms with Gasteiger partial charge in [-0.2, -0.15) is 0 Å². The van der Waals surface area contributed by atoms with Gasteiger partial charge in [-0.05, 0) is 36.2 Å². The van der Waals surface area contributed by atoms with Gasteiger partial charge in [0.2, 0.25) is 0 Å². The minimum absolute atomic E-state index is 0.0602. The van der Waals surface area contributed by atoms with Gasteiger partial charge in [-0.1, -0.05) is 30.7 Å². The molecule has 0 aliphatic heterocycles. The normalized spacial score (nSPS) is 10.2. The Bertz CT molecular complexity index is 701. The van der Waals surface area contributed by atoms with Crippen LogP contribution in [0.25, 0.3) is 0 Å². The highest BCUT2D eigenvalue weighted by Crippen LogP contribution is 2.25. The number of nitrogens with zero attached hydrogens (tertiary/aromatic N) is 1. The van der Waals surface area contributed by atoms with Gasteiger partial charge in [-0.15, -0.1) is 0 Å². The topological polar surface area (TPSA) is 72.2 Å². The van der Waals surface area contributed by atoms with E-state index in [1.54, 1.807) is 6.07 Å². The first kappa shape index (κ1) is 15.0. The summed E-state index contributed by atoms with van der Waals surface area (Å²) < 4.78 is 0. The van der Waals surface area contributed by atoms with Gasteiger partial charge in [0.25, 0.3) is 11.6 Å². The number of rotatable bonds is 4. The SMILES string of the molecule is CCc1cccc(NC(=O)c2ccc([N+](=O)[O-])c(Cl)c2)c1. The summed E-state index contributed by atoms with van der Waals surface area (Å²) in [7, 11) is 0. The van der Waals surface area contributed by atoms with E-state index < -0.39 is 4.92 Å². The fourth-order valence-electron chi connectivity index (χ4n) is 1.87. The van der Waals surface area contributed by atoms with Crippen LogP contribution < -0.4 is 5.32 Å². The van der Waals surface area contributed by atoms with Crippen LogP contribution in [0.4, 0.5) is 11.4 Å². The average Bonchev–Trinajstić information content (AvgIpc) is 2.46. The molecule has 6 heteroatoms. The Morgan fingerprint density at radius 2 is 2.05 bits per heavy atom. The van der Waals surface area contributed by atoms with Gasteiger partial charge in [0.05, 0.1) is 4.92 Å². The predicted molar refractivity (Wildman–Crippen MR) is 81.9 cm³/mol.